The molecule has 0 radical (unpaired) electrons. The predicted molar refractivity (Wildman–Crippen MR) is 58.2 cm³/mol. The third-order valence-electron chi connectivity index (χ3n) is 1.30. The molecule has 1 heterocycles. The smallest absolute Gasteiger partial charge is 0.116 e. The van der Waals surface area contributed by atoms with Crippen LogP contribution in [0, 0.1) is 6.92 Å². The minimum atomic E-state index is -1.07. The molecule has 0 atom stereocenters. The number of nitrogens with zero attached hydrogens (tertiary/aromatic N) is 1. The largest absolute Gasteiger partial charge is 0.250 e. The first kappa shape index (κ1) is 9.80. The summed E-state index contributed by atoms with van der Waals surface area (Å²) in [6.45, 7) is 9.11. The second-order valence-corrected chi connectivity index (χ2v) is 13.0. The molecule has 0 N–H and O–H groups in total. The second kappa shape index (κ2) is 3.62. The summed E-state index contributed by atoms with van der Waals surface area (Å²) in [5, 5.41) is 1.18. The van der Waals surface area contributed by atoms with Gasteiger partial charge < -0.3 is 0 Å². The van der Waals surface area contributed by atoms with Gasteiger partial charge in [-0.25, -0.2) is 0 Å². The zero-order valence-electron chi connectivity index (χ0n) is 8.09. The lowest BCUT2D eigenvalue weighted by Gasteiger charge is -2.13. The zero-order chi connectivity index (χ0) is 9.19. The van der Waals surface area contributed by atoms with Crippen LogP contribution in [0.5, 0.6) is 0 Å². The molecule has 0 spiro atoms. The first-order valence-corrected chi connectivity index (χ1v) is 9.13. The van der Waals surface area contributed by atoms with Crippen molar-refractivity contribution in [1.29, 1.82) is 0 Å². The maximum absolute atomic E-state index is 4.32. The Morgan fingerprint density at radius 3 is 2.50 bits per heavy atom. The van der Waals surface area contributed by atoms with Crippen LogP contribution in [0.3, 0.4) is 0 Å². The van der Waals surface area contributed by atoms with Crippen LogP contribution in [-0.4, -0.2) is 12.2 Å². The first-order chi connectivity index (χ1) is 5.47. The summed E-state index contributed by atoms with van der Waals surface area (Å²) in [6.07, 6.45) is 1.89. The van der Waals surface area contributed by atoms with E-state index in [9.17, 15) is 0 Å². The molecule has 0 fully saturated rings. The fourth-order valence-corrected chi connectivity index (χ4v) is 4.08. The van der Waals surface area contributed by atoms with Gasteiger partial charge in [0.05, 0.1) is 5.03 Å². The topological polar surface area (TPSA) is 12.9 Å². The molecule has 0 aliphatic carbocycles. The standard InChI is InChI=1S/C9H15NSSi/c1-8-5-6-10-9(7-8)11-12(2,3)4/h5-7H,1-4H3. The summed E-state index contributed by atoms with van der Waals surface area (Å²) < 4.78 is 0. The van der Waals surface area contributed by atoms with Crippen LogP contribution in [0.2, 0.25) is 19.6 Å². The zero-order valence-corrected chi connectivity index (χ0v) is 9.90. The maximum Gasteiger partial charge on any atom is 0.116 e. The van der Waals surface area contributed by atoms with Crippen molar-refractivity contribution in [1.82, 2.24) is 4.98 Å². The van der Waals surface area contributed by atoms with Crippen molar-refractivity contribution in [3.05, 3.63) is 23.9 Å². The number of aromatic nitrogens is 1. The van der Waals surface area contributed by atoms with Crippen molar-refractivity contribution >= 4 is 18.4 Å². The number of hydrogen-bond acceptors (Lipinski definition) is 2. The van der Waals surface area contributed by atoms with E-state index in [-0.39, 0.29) is 0 Å². The summed E-state index contributed by atoms with van der Waals surface area (Å²) in [4.78, 5) is 4.32. The summed E-state index contributed by atoms with van der Waals surface area (Å²) in [6, 6.07) is 4.19. The van der Waals surface area contributed by atoms with Crippen LogP contribution in [0.25, 0.3) is 0 Å². The third kappa shape index (κ3) is 3.41. The highest BCUT2D eigenvalue weighted by Gasteiger charge is 2.15. The van der Waals surface area contributed by atoms with Gasteiger partial charge in [0.2, 0.25) is 0 Å². The second-order valence-electron chi connectivity index (χ2n) is 3.89. The van der Waals surface area contributed by atoms with E-state index in [1.165, 1.54) is 10.6 Å². The summed E-state index contributed by atoms with van der Waals surface area (Å²) >= 11 is 1.94. The van der Waals surface area contributed by atoms with Crippen LogP contribution in [-0.2, 0) is 0 Å². The summed E-state index contributed by atoms with van der Waals surface area (Å²) in [7, 11) is -1.07. The van der Waals surface area contributed by atoms with Crippen LogP contribution >= 0.6 is 11.2 Å². The Hall–Kier alpha value is -0.283. The molecule has 3 heteroatoms. The average Bonchev–Trinajstić information content (AvgIpc) is 1.82. The predicted octanol–water partition coefficient (Wildman–Crippen LogP) is 3.32. The monoisotopic (exact) mass is 197 g/mol. The molecule has 0 bridgehead atoms. The van der Waals surface area contributed by atoms with E-state index in [2.05, 4.69) is 37.6 Å². The average molecular weight is 197 g/mol. The van der Waals surface area contributed by atoms with Crippen LogP contribution in [0.4, 0.5) is 0 Å². The lowest BCUT2D eigenvalue weighted by atomic mass is 10.3. The summed E-state index contributed by atoms with van der Waals surface area (Å²) in [5.74, 6) is 0. The molecule has 0 saturated heterocycles. The molecule has 1 aromatic heterocycles. The van der Waals surface area contributed by atoms with E-state index in [1.54, 1.807) is 0 Å². The Bertz CT molecular complexity index is 267. The number of aryl methyl sites for hydroxylation is 1. The Labute approximate surface area is 79.3 Å². The van der Waals surface area contributed by atoms with E-state index in [0.29, 0.717) is 0 Å². The van der Waals surface area contributed by atoms with Gasteiger partial charge in [-0.05, 0) is 24.6 Å². The van der Waals surface area contributed by atoms with Gasteiger partial charge in [0.1, 0.15) is 7.22 Å². The molecule has 12 heavy (non-hydrogen) atoms. The molecule has 0 aliphatic rings. The lowest BCUT2D eigenvalue weighted by molar-refractivity contribution is 1.12. The van der Waals surface area contributed by atoms with Crippen molar-refractivity contribution in [2.24, 2.45) is 0 Å². The Balaban J connectivity index is 2.77. The Kier molecular flexibility index (Phi) is 2.96. The van der Waals surface area contributed by atoms with Gasteiger partial charge in [-0.1, -0.05) is 19.6 Å². The molecule has 66 valence electrons. The van der Waals surface area contributed by atoms with Gasteiger partial charge in [-0.2, -0.15) is 0 Å². The van der Waals surface area contributed by atoms with Crippen LogP contribution < -0.4 is 0 Å². The van der Waals surface area contributed by atoms with E-state index < -0.39 is 7.22 Å². The van der Waals surface area contributed by atoms with Gasteiger partial charge in [-0.15, -0.1) is 11.2 Å². The van der Waals surface area contributed by atoms with Gasteiger partial charge in [0.15, 0.2) is 0 Å². The molecule has 0 aromatic carbocycles. The normalized spacial score (nSPS) is 11.7. The van der Waals surface area contributed by atoms with Gasteiger partial charge in [-0.3, -0.25) is 4.98 Å². The Morgan fingerprint density at radius 2 is 2.00 bits per heavy atom. The molecule has 1 aromatic rings. The van der Waals surface area contributed by atoms with Crippen LogP contribution in [0.15, 0.2) is 23.4 Å². The molecule has 0 amide bonds. The molecule has 0 unspecified atom stereocenters. The fourth-order valence-electron chi connectivity index (χ4n) is 0.878. The molecule has 0 aliphatic heterocycles. The number of rotatable bonds is 2. The van der Waals surface area contributed by atoms with Crippen molar-refractivity contribution < 1.29 is 0 Å². The highest BCUT2D eigenvalue weighted by Crippen LogP contribution is 2.27. The highest BCUT2D eigenvalue weighted by molar-refractivity contribution is 8.28. The summed E-state index contributed by atoms with van der Waals surface area (Å²) in [5.41, 5.74) is 1.30. The third-order valence-corrected chi connectivity index (χ3v) is 4.81. The van der Waals surface area contributed by atoms with E-state index in [4.69, 9.17) is 0 Å². The minimum absolute atomic E-state index is 1.07. The van der Waals surface area contributed by atoms with Crippen molar-refractivity contribution in [3.63, 3.8) is 0 Å². The highest BCUT2D eigenvalue weighted by atomic mass is 32.4. The lowest BCUT2D eigenvalue weighted by Crippen LogP contribution is -2.13. The Morgan fingerprint density at radius 1 is 1.33 bits per heavy atom. The minimum Gasteiger partial charge on any atom is -0.250 e. The molecule has 1 nitrogen and oxygen atoms in total. The van der Waals surface area contributed by atoms with Gasteiger partial charge >= 0.3 is 0 Å². The van der Waals surface area contributed by atoms with Crippen molar-refractivity contribution in [3.8, 4) is 0 Å². The maximum atomic E-state index is 4.32. The van der Waals surface area contributed by atoms with Crippen LogP contribution in [0.1, 0.15) is 5.56 Å². The molecular formula is C9H15NSSi. The first-order valence-electron chi connectivity index (χ1n) is 4.09. The van der Waals surface area contributed by atoms with E-state index in [0.717, 1.165) is 0 Å². The molecule has 0 saturated carbocycles. The molecule has 1 rings (SSSR count). The number of pyridine rings is 1. The fraction of sp³-hybridized carbons (Fsp3) is 0.444. The van der Waals surface area contributed by atoms with Gasteiger partial charge in [0.25, 0.3) is 0 Å². The van der Waals surface area contributed by atoms with Crippen molar-refractivity contribution in [2.45, 2.75) is 31.6 Å². The molecular weight excluding hydrogens is 182 g/mol. The SMILES string of the molecule is Cc1ccnc(S[Si](C)(C)C)c1. The quantitative estimate of drug-likeness (QED) is 0.675. The number of hydrogen-bond donors (Lipinski definition) is 0. The van der Waals surface area contributed by atoms with E-state index in [1.807, 2.05) is 23.5 Å². The van der Waals surface area contributed by atoms with Crippen molar-refractivity contribution in [2.75, 3.05) is 0 Å². The van der Waals surface area contributed by atoms with Gasteiger partial charge in [0, 0.05) is 6.20 Å². The van der Waals surface area contributed by atoms with E-state index >= 15 is 0 Å².